The molecule has 0 amide bonds. The van der Waals surface area contributed by atoms with Crippen molar-refractivity contribution >= 4 is 29.9 Å². The van der Waals surface area contributed by atoms with Gasteiger partial charge in [-0.25, -0.2) is 4.99 Å². The van der Waals surface area contributed by atoms with Gasteiger partial charge in [-0.1, -0.05) is 13.0 Å². The van der Waals surface area contributed by atoms with E-state index < -0.39 is 5.60 Å². The van der Waals surface area contributed by atoms with Crippen LogP contribution in [-0.4, -0.2) is 37.9 Å². The molecule has 0 spiro atoms. The van der Waals surface area contributed by atoms with E-state index in [4.69, 9.17) is 13.9 Å². The van der Waals surface area contributed by atoms with Crippen molar-refractivity contribution in [1.29, 1.82) is 0 Å². The third kappa shape index (κ3) is 7.92. The fourth-order valence-corrected chi connectivity index (χ4v) is 3.17. The summed E-state index contributed by atoms with van der Waals surface area (Å²) in [5, 5.41) is 17.4. The second-order valence-corrected chi connectivity index (χ2v) is 7.48. The fraction of sp³-hybridized carbons (Fsp3) is 0.522. The number of aryl methyl sites for hydroxylation is 2. The molecule has 31 heavy (non-hydrogen) atoms. The van der Waals surface area contributed by atoms with Gasteiger partial charge in [0.25, 0.3) is 0 Å². The van der Waals surface area contributed by atoms with Crippen LogP contribution >= 0.6 is 24.0 Å². The number of nitrogens with one attached hydrogen (secondary N) is 2. The van der Waals surface area contributed by atoms with E-state index in [9.17, 15) is 5.11 Å². The largest absolute Gasteiger partial charge is 0.493 e. The van der Waals surface area contributed by atoms with Crippen molar-refractivity contribution in [2.24, 2.45) is 4.99 Å². The minimum atomic E-state index is -1.08. The number of hydrogen-bond donors (Lipinski definition) is 3. The second kappa shape index (κ2) is 12.8. The highest BCUT2D eigenvalue weighted by atomic mass is 127. The van der Waals surface area contributed by atoms with E-state index in [0.717, 1.165) is 34.8 Å². The molecule has 0 bridgehead atoms. The lowest BCUT2D eigenvalue weighted by atomic mass is 9.96. The van der Waals surface area contributed by atoms with Crippen LogP contribution in [0.5, 0.6) is 11.5 Å². The van der Waals surface area contributed by atoms with Crippen molar-refractivity contribution in [1.82, 2.24) is 10.6 Å². The number of aliphatic imine (C=N–C) groups is 1. The van der Waals surface area contributed by atoms with Gasteiger partial charge in [0.15, 0.2) is 17.5 Å². The van der Waals surface area contributed by atoms with Crippen LogP contribution in [0.15, 0.2) is 33.7 Å². The van der Waals surface area contributed by atoms with E-state index in [1.807, 2.05) is 45.0 Å². The Hall–Kier alpha value is -1.94. The van der Waals surface area contributed by atoms with Crippen molar-refractivity contribution in [3.8, 4) is 11.5 Å². The summed E-state index contributed by atoms with van der Waals surface area (Å²) < 4.78 is 16.7. The molecule has 7 nitrogen and oxygen atoms in total. The monoisotopic (exact) mass is 545 g/mol. The molecule has 0 fully saturated rings. The average molecular weight is 545 g/mol. The Bertz CT molecular complexity index is 849. The maximum Gasteiger partial charge on any atom is 0.191 e. The van der Waals surface area contributed by atoms with E-state index in [0.29, 0.717) is 38.0 Å². The second-order valence-electron chi connectivity index (χ2n) is 7.48. The van der Waals surface area contributed by atoms with E-state index >= 15 is 0 Å². The van der Waals surface area contributed by atoms with Gasteiger partial charge in [-0.15, -0.1) is 24.0 Å². The normalized spacial score (nSPS) is 13.2. The van der Waals surface area contributed by atoms with Crippen LogP contribution in [0.4, 0.5) is 0 Å². The number of ether oxygens (including phenoxy) is 2. The third-order valence-corrected chi connectivity index (χ3v) is 4.67. The molecule has 0 aliphatic carbocycles. The Labute approximate surface area is 202 Å². The molecule has 8 heteroatoms. The quantitative estimate of drug-likeness (QED) is 0.235. The maximum absolute atomic E-state index is 10.9. The molecule has 174 valence electrons. The molecule has 0 saturated heterocycles. The van der Waals surface area contributed by atoms with Crippen LogP contribution in [0, 0.1) is 13.8 Å². The summed E-state index contributed by atoms with van der Waals surface area (Å²) in [5.74, 6) is 3.56. The Morgan fingerprint density at radius 1 is 1.16 bits per heavy atom. The third-order valence-electron chi connectivity index (χ3n) is 4.67. The first-order valence-electron chi connectivity index (χ1n) is 10.4. The Balaban J connectivity index is 0.00000480. The number of halogens is 1. The lowest BCUT2D eigenvalue weighted by Gasteiger charge is -2.24. The zero-order chi connectivity index (χ0) is 22.1. The molecule has 2 aromatic rings. The topological polar surface area (TPSA) is 88.2 Å². The standard InChI is InChI=1S/C23H35N3O4.HI/c1-7-11-29-20-10-9-18(13-21(20)28-6)14-25-22(24-8-2)26-15-23(5,27)19-12-16(3)30-17(19)4;/h9-10,12-13,27H,7-8,11,14-15H2,1-6H3,(H2,24,25,26);1H. The Morgan fingerprint density at radius 3 is 2.48 bits per heavy atom. The molecule has 2 rings (SSSR count). The van der Waals surface area contributed by atoms with Gasteiger partial charge >= 0.3 is 0 Å². The molecule has 0 radical (unpaired) electrons. The number of hydrogen-bond acceptors (Lipinski definition) is 5. The van der Waals surface area contributed by atoms with Crippen LogP contribution in [0.3, 0.4) is 0 Å². The van der Waals surface area contributed by atoms with Crippen LogP contribution < -0.4 is 20.1 Å². The molecule has 1 atom stereocenters. The first-order valence-corrected chi connectivity index (χ1v) is 10.4. The minimum Gasteiger partial charge on any atom is -0.493 e. The number of rotatable bonds is 10. The minimum absolute atomic E-state index is 0. The van der Waals surface area contributed by atoms with Crippen molar-refractivity contribution in [2.75, 3.05) is 26.8 Å². The zero-order valence-electron chi connectivity index (χ0n) is 19.4. The van der Waals surface area contributed by atoms with Gasteiger partial charge in [-0.2, -0.15) is 0 Å². The number of aliphatic hydroxyl groups is 1. The van der Waals surface area contributed by atoms with Gasteiger partial charge in [-0.3, -0.25) is 0 Å². The summed E-state index contributed by atoms with van der Waals surface area (Å²) in [5.41, 5.74) is 0.691. The van der Waals surface area contributed by atoms with Crippen molar-refractivity contribution < 1.29 is 19.0 Å². The molecule has 1 aromatic heterocycles. The summed E-state index contributed by atoms with van der Waals surface area (Å²) in [4.78, 5) is 4.64. The molecular formula is C23H36IN3O4. The number of methoxy groups -OCH3 is 1. The molecule has 1 unspecified atom stereocenters. The van der Waals surface area contributed by atoms with Crippen LogP contribution in [-0.2, 0) is 12.1 Å². The smallest absolute Gasteiger partial charge is 0.191 e. The maximum atomic E-state index is 10.9. The lowest BCUT2D eigenvalue weighted by Crippen LogP contribution is -2.44. The highest BCUT2D eigenvalue weighted by Gasteiger charge is 2.27. The molecular weight excluding hydrogens is 509 g/mol. The van der Waals surface area contributed by atoms with Gasteiger partial charge < -0.3 is 29.6 Å². The number of guanidine groups is 1. The van der Waals surface area contributed by atoms with E-state index in [1.54, 1.807) is 14.0 Å². The van der Waals surface area contributed by atoms with E-state index in [-0.39, 0.29) is 24.0 Å². The van der Waals surface area contributed by atoms with Crippen molar-refractivity contribution in [3.63, 3.8) is 0 Å². The molecule has 0 aliphatic rings. The lowest BCUT2D eigenvalue weighted by molar-refractivity contribution is 0.0601. The first kappa shape index (κ1) is 27.1. The zero-order valence-corrected chi connectivity index (χ0v) is 21.7. The fourth-order valence-electron chi connectivity index (χ4n) is 3.17. The molecule has 0 aliphatic heterocycles. The van der Waals surface area contributed by atoms with E-state index in [2.05, 4.69) is 22.5 Å². The number of furan rings is 1. The van der Waals surface area contributed by atoms with Crippen LogP contribution in [0.2, 0.25) is 0 Å². The summed E-state index contributed by atoms with van der Waals surface area (Å²) in [6, 6.07) is 7.70. The van der Waals surface area contributed by atoms with Gasteiger partial charge in [0.2, 0.25) is 0 Å². The molecule has 0 saturated carbocycles. The average Bonchev–Trinajstić information content (AvgIpc) is 3.07. The summed E-state index contributed by atoms with van der Waals surface area (Å²) in [7, 11) is 1.63. The SMILES string of the molecule is CCCOc1ccc(CN=C(NCC)NCC(C)(O)c2cc(C)oc2C)cc1OC.I. The van der Waals surface area contributed by atoms with E-state index in [1.165, 1.54) is 0 Å². The predicted octanol–water partition coefficient (Wildman–Crippen LogP) is 4.27. The summed E-state index contributed by atoms with van der Waals surface area (Å²) >= 11 is 0. The van der Waals surface area contributed by atoms with Crippen LogP contribution in [0.25, 0.3) is 0 Å². The highest BCUT2D eigenvalue weighted by molar-refractivity contribution is 14.0. The molecule has 1 heterocycles. The van der Waals surface area contributed by atoms with Gasteiger partial charge in [-0.05, 0) is 57.9 Å². The number of benzene rings is 1. The van der Waals surface area contributed by atoms with Gasteiger partial charge in [0.1, 0.15) is 17.1 Å². The Kier molecular flexibility index (Phi) is 11.2. The van der Waals surface area contributed by atoms with Crippen molar-refractivity contribution in [2.45, 2.75) is 53.2 Å². The first-order chi connectivity index (χ1) is 14.3. The summed E-state index contributed by atoms with van der Waals surface area (Å²) in [6.07, 6.45) is 0.939. The molecule has 1 aromatic carbocycles. The van der Waals surface area contributed by atoms with Crippen LogP contribution in [0.1, 0.15) is 49.8 Å². The highest BCUT2D eigenvalue weighted by Crippen LogP contribution is 2.29. The van der Waals surface area contributed by atoms with Gasteiger partial charge in [0, 0.05) is 12.1 Å². The molecule has 3 N–H and O–H groups in total. The predicted molar refractivity (Wildman–Crippen MR) is 135 cm³/mol. The van der Waals surface area contributed by atoms with Crippen molar-refractivity contribution in [3.05, 3.63) is 46.9 Å². The van der Waals surface area contributed by atoms with Gasteiger partial charge in [0.05, 0.1) is 26.8 Å². The summed E-state index contributed by atoms with van der Waals surface area (Å²) in [6.45, 7) is 11.7. The Morgan fingerprint density at radius 2 is 1.90 bits per heavy atom. The number of nitrogens with zero attached hydrogens (tertiary/aromatic N) is 1.